The Balaban J connectivity index is 1.80. The SMILES string of the molecule is O=C1COc2ccc(NC(=O)c3cccc([N+](=O)[O-])c3)cc2N1. The third-order valence-corrected chi connectivity index (χ3v) is 3.19. The molecule has 0 radical (unpaired) electrons. The predicted molar refractivity (Wildman–Crippen MR) is 81.6 cm³/mol. The van der Waals surface area contributed by atoms with Gasteiger partial charge in [-0.3, -0.25) is 19.7 Å². The molecule has 0 fully saturated rings. The Hall–Kier alpha value is -3.42. The van der Waals surface area contributed by atoms with Crippen molar-refractivity contribution in [3.63, 3.8) is 0 Å². The summed E-state index contributed by atoms with van der Waals surface area (Å²) in [6.45, 7) is -0.0492. The number of fused-ring (bicyclic) bond motifs is 1. The molecule has 0 aliphatic carbocycles. The second-order valence-corrected chi connectivity index (χ2v) is 4.81. The van der Waals surface area contributed by atoms with Crippen molar-refractivity contribution < 1.29 is 19.2 Å². The first-order chi connectivity index (χ1) is 11.0. The highest BCUT2D eigenvalue weighted by atomic mass is 16.6. The van der Waals surface area contributed by atoms with Gasteiger partial charge in [0.05, 0.1) is 10.6 Å². The van der Waals surface area contributed by atoms with Gasteiger partial charge in [0.15, 0.2) is 6.61 Å². The maximum atomic E-state index is 12.2. The molecule has 1 heterocycles. The van der Waals surface area contributed by atoms with Crippen LogP contribution < -0.4 is 15.4 Å². The summed E-state index contributed by atoms with van der Waals surface area (Å²) in [6, 6.07) is 10.2. The Bertz CT molecular complexity index is 819. The van der Waals surface area contributed by atoms with Crippen molar-refractivity contribution in [3.8, 4) is 5.75 Å². The zero-order chi connectivity index (χ0) is 16.4. The van der Waals surface area contributed by atoms with Crippen molar-refractivity contribution in [2.24, 2.45) is 0 Å². The fraction of sp³-hybridized carbons (Fsp3) is 0.0667. The summed E-state index contributed by atoms with van der Waals surface area (Å²) in [5.41, 5.74) is 0.894. The van der Waals surface area contributed by atoms with Crippen LogP contribution in [0.1, 0.15) is 10.4 Å². The number of hydrogen-bond donors (Lipinski definition) is 2. The number of benzene rings is 2. The van der Waals surface area contributed by atoms with Gasteiger partial charge in [-0.1, -0.05) is 6.07 Å². The van der Waals surface area contributed by atoms with Crippen LogP contribution in [0.3, 0.4) is 0 Å². The van der Waals surface area contributed by atoms with Crippen molar-refractivity contribution in [2.45, 2.75) is 0 Å². The van der Waals surface area contributed by atoms with Gasteiger partial charge < -0.3 is 15.4 Å². The normalized spacial score (nSPS) is 12.6. The van der Waals surface area contributed by atoms with Gasteiger partial charge in [-0.25, -0.2) is 0 Å². The van der Waals surface area contributed by atoms with Gasteiger partial charge in [0, 0.05) is 23.4 Å². The number of carbonyl (C=O) groups excluding carboxylic acids is 2. The average Bonchev–Trinajstić information content (AvgIpc) is 2.54. The molecular weight excluding hydrogens is 302 g/mol. The molecule has 2 N–H and O–H groups in total. The zero-order valence-corrected chi connectivity index (χ0v) is 11.7. The molecule has 23 heavy (non-hydrogen) atoms. The van der Waals surface area contributed by atoms with E-state index < -0.39 is 10.8 Å². The van der Waals surface area contributed by atoms with Gasteiger partial charge in [0.1, 0.15) is 5.75 Å². The van der Waals surface area contributed by atoms with E-state index >= 15 is 0 Å². The average molecular weight is 313 g/mol. The summed E-state index contributed by atoms with van der Waals surface area (Å²) in [4.78, 5) is 33.6. The van der Waals surface area contributed by atoms with Crippen molar-refractivity contribution in [3.05, 3.63) is 58.1 Å². The van der Waals surface area contributed by atoms with Crippen LogP contribution in [0.2, 0.25) is 0 Å². The molecule has 0 saturated carbocycles. The zero-order valence-electron chi connectivity index (χ0n) is 11.7. The van der Waals surface area contributed by atoms with Crippen LogP contribution >= 0.6 is 0 Å². The van der Waals surface area contributed by atoms with E-state index in [2.05, 4.69) is 10.6 Å². The first-order valence-corrected chi connectivity index (χ1v) is 6.65. The van der Waals surface area contributed by atoms with Gasteiger partial charge in [0.25, 0.3) is 17.5 Å². The van der Waals surface area contributed by atoms with E-state index in [0.717, 1.165) is 0 Å². The van der Waals surface area contributed by atoms with E-state index in [1.165, 1.54) is 24.3 Å². The van der Waals surface area contributed by atoms with Crippen LogP contribution in [0.15, 0.2) is 42.5 Å². The summed E-state index contributed by atoms with van der Waals surface area (Å²) >= 11 is 0. The van der Waals surface area contributed by atoms with Crippen molar-refractivity contribution in [1.29, 1.82) is 0 Å². The summed E-state index contributed by atoms with van der Waals surface area (Å²) in [5, 5.41) is 16.0. The number of amides is 2. The maximum Gasteiger partial charge on any atom is 0.270 e. The van der Waals surface area contributed by atoms with Crippen LogP contribution in [0.4, 0.5) is 17.1 Å². The van der Waals surface area contributed by atoms with E-state index in [0.29, 0.717) is 17.1 Å². The lowest BCUT2D eigenvalue weighted by molar-refractivity contribution is -0.384. The number of nitrogens with one attached hydrogen (secondary N) is 2. The Morgan fingerprint density at radius 3 is 2.87 bits per heavy atom. The molecular formula is C15H11N3O5. The lowest BCUT2D eigenvalue weighted by Crippen LogP contribution is -2.25. The quantitative estimate of drug-likeness (QED) is 0.666. The Morgan fingerprint density at radius 1 is 1.26 bits per heavy atom. The summed E-state index contributed by atoms with van der Waals surface area (Å²) < 4.78 is 5.22. The number of rotatable bonds is 3. The highest BCUT2D eigenvalue weighted by Crippen LogP contribution is 2.30. The molecule has 1 aliphatic heterocycles. The fourth-order valence-electron chi connectivity index (χ4n) is 2.12. The second kappa shape index (κ2) is 5.76. The number of ether oxygens (including phenoxy) is 1. The highest BCUT2D eigenvalue weighted by molar-refractivity contribution is 6.05. The minimum atomic E-state index is -0.567. The molecule has 2 amide bonds. The number of anilines is 2. The minimum Gasteiger partial charge on any atom is -0.482 e. The standard InChI is InChI=1S/C15H11N3O5/c19-14-8-23-13-5-4-10(7-12(13)17-14)16-15(20)9-2-1-3-11(6-9)18(21)22/h1-7H,8H2,(H,16,20)(H,17,19). The fourth-order valence-corrected chi connectivity index (χ4v) is 2.12. The van der Waals surface area contributed by atoms with E-state index in [-0.39, 0.29) is 23.8 Å². The van der Waals surface area contributed by atoms with Crippen LogP contribution in [-0.2, 0) is 4.79 Å². The molecule has 3 rings (SSSR count). The Kier molecular flexibility index (Phi) is 3.63. The minimum absolute atomic E-state index is 0.0492. The topological polar surface area (TPSA) is 111 Å². The van der Waals surface area contributed by atoms with Crippen LogP contribution in [0, 0.1) is 10.1 Å². The van der Waals surface area contributed by atoms with Gasteiger partial charge in [0.2, 0.25) is 0 Å². The molecule has 0 aromatic heterocycles. The van der Waals surface area contributed by atoms with Gasteiger partial charge >= 0.3 is 0 Å². The molecule has 8 heteroatoms. The van der Waals surface area contributed by atoms with Crippen LogP contribution in [0.25, 0.3) is 0 Å². The lowest BCUT2D eigenvalue weighted by Gasteiger charge is -2.18. The summed E-state index contributed by atoms with van der Waals surface area (Å²) in [7, 11) is 0. The Morgan fingerprint density at radius 2 is 2.09 bits per heavy atom. The molecule has 0 bridgehead atoms. The maximum absolute atomic E-state index is 12.2. The lowest BCUT2D eigenvalue weighted by atomic mass is 10.1. The van der Waals surface area contributed by atoms with E-state index in [1.807, 2.05) is 0 Å². The molecule has 0 atom stereocenters. The first kappa shape index (κ1) is 14.5. The summed E-state index contributed by atoms with van der Waals surface area (Å²) in [6.07, 6.45) is 0. The third kappa shape index (κ3) is 3.10. The molecule has 0 spiro atoms. The monoisotopic (exact) mass is 313 g/mol. The van der Waals surface area contributed by atoms with Crippen molar-refractivity contribution in [1.82, 2.24) is 0 Å². The molecule has 2 aromatic carbocycles. The summed E-state index contributed by atoms with van der Waals surface area (Å²) in [5.74, 6) is -0.255. The Labute approximate surface area is 130 Å². The molecule has 1 aliphatic rings. The number of carbonyl (C=O) groups is 2. The van der Waals surface area contributed by atoms with E-state index in [1.54, 1.807) is 18.2 Å². The highest BCUT2D eigenvalue weighted by Gasteiger charge is 2.17. The predicted octanol–water partition coefficient (Wildman–Crippen LogP) is 2.18. The van der Waals surface area contributed by atoms with Crippen molar-refractivity contribution >= 4 is 28.9 Å². The second-order valence-electron chi connectivity index (χ2n) is 4.81. The number of nitro benzene ring substituents is 1. The van der Waals surface area contributed by atoms with Crippen molar-refractivity contribution in [2.75, 3.05) is 17.2 Å². The largest absolute Gasteiger partial charge is 0.482 e. The van der Waals surface area contributed by atoms with Gasteiger partial charge in [-0.05, 0) is 24.3 Å². The number of hydrogen-bond acceptors (Lipinski definition) is 5. The van der Waals surface area contributed by atoms with Crippen LogP contribution in [-0.4, -0.2) is 23.3 Å². The molecule has 0 unspecified atom stereocenters. The van der Waals surface area contributed by atoms with Gasteiger partial charge in [-0.2, -0.15) is 0 Å². The number of nitro groups is 1. The molecule has 116 valence electrons. The van der Waals surface area contributed by atoms with E-state index in [4.69, 9.17) is 4.74 Å². The first-order valence-electron chi connectivity index (χ1n) is 6.65. The smallest absolute Gasteiger partial charge is 0.270 e. The number of non-ortho nitro benzene ring substituents is 1. The number of nitrogens with zero attached hydrogens (tertiary/aromatic N) is 1. The van der Waals surface area contributed by atoms with Crippen LogP contribution in [0.5, 0.6) is 5.75 Å². The van der Waals surface area contributed by atoms with E-state index in [9.17, 15) is 19.7 Å². The molecule has 2 aromatic rings. The molecule has 8 nitrogen and oxygen atoms in total. The molecule has 0 saturated heterocycles. The van der Waals surface area contributed by atoms with Gasteiger partial charge in [-0.15, -0.1) is 0 Å². The third-order valence-electron chi connectivity index (χ3n) is 3.19.